The van der Waals surface area contributed by atoms with Crippen molar-refractivity contribution in [1.29, 1.82) is 0 Å². The monoisotopic (exact) mass is 269 g/mol. The van der Waals surface area contributed by atoms with Crippen molar-refractivity contribution in [2.24, 2.45) is 0 Å². The second-order valence-electron chi connectivity index (χ2n) is 5.77. The number of nitrogens with two attached hydrogens (primary N) is 1. The SMILES string of the molecule is CC1(n2nc3c(c2N)CCCC3)CCS(=O)(=O)C1. The van der Waals surface area contributed by atoms with E-state index < -0.39 is 15.4 Å². The van der Waals surface area contributed by atoms with Crippen LogP contribution in [0.25, 0.3) is 0 Å². The van der Waals surface area contributed by atoms with Gasteiger partial charge in [0.1, 0.15) is 5.82 Å². The summed E-state index contributed by atoms with van der Waals surface area (Å²) in [5, 5.41) is 4.60. The van der Waals surface area contributed by atoms with Gasteiger partial charge in [0.2, 0.25) is 0 Å². The second kappa shape index (κ2) is 3.73. The highest BCUT2D eigenvalue weighted by Gasteiger charge is 2.42. The number of sulfone groups is 1. The predicted molar refractivity (Wildman–Crippen MR) is 70.2 cm³/mol. The van der Waals surface area contributed by atoms with E-state index in [1.807, 2.05) is 6.92 Å². The van der Waals surface area contributed by atoms with Gasteiger partial charge in [-0.3, -0.25) is 0 Å². The molecule has 1 fully saturated rings. The third-order valence-corrected chi connectivity index (χ3v) is 6.08. The molecule has 3 rings (SSSR count). The maximum Gasteiger partial charge on any atom is 0.152 e. The van der Waals surface area contributed by atoms with Crippen LogP contribution in [0.1, 0.15) is 37.4 Å². The van der Waals surface area contributed by atoms with Gasteiger partial charge in [0.25, 0.3) is 0 Å². The third kappa shape index (κ3) is 1.74. The summed E-state index contributed by atoms with van der Waals surface area (Å²) in [6.07, 6.45) is 4.86. The standard InChI is InChI=1S/C12H19N3O2S/c1-12(6-7-18(16,17)8-12)15-11(13)9-4-2-3-5-10(9)14-15/h2-8,13H2,1H3. The van der Waals surface area contributed by atoms with Gasteiger partial charge in [-0.05, 0) is 39.0 Å². The smallest absolute Gasteiger partial charge is 0.152 e. The quantitative estimate of drug-likeness (QED) is 0.821. The first kappa shape index (κ1) is 12.0. The van der Waals surface area contributed by atoms with Crippen molar-refractivity contribution in [2.45, 2.75) is 44.6 Å². The maximum absolute atomic E-state index is 11.7. The van der Waals surface area contributed by atoms with Crippen molar-refractivity contribution in [3.05, 3.63) is 11.3 Å². The molecule has 5 nitrogen and oxygen atoms in total. The van der Waals surface area contributed by atoms with Crippen LogP contribution in [0.3, 0.4) is 0 Å². The second-order valence-corrected chi connectivity index (χ2v) is 7.95. The number of aromatic nitrogens is 2. The lowest BCUT2D eigenvalue weighted by atomic mass is 9.97. The van der Waals surface area contributed by atoms with Crippen molar-refractivity contribution in [3.8, 4) is 0 Å². The highest BCUT2D eigenvalue weighted by Crippen LogP contribution is 2.35. The molecule has 0 aromatic carbocycles. The van der Waals surface area contributed by atoms with E-state index in [-0.39, 0.29) is 11.5 Å². The van der Waals surface area contributed by atoms with Crippen LogP contribution < -0.4 is 5.73 Å². The first-order valence-electron chi connectivity index (χ1n) is 6.48. The Labute approximate surface area is 107 Å². The Morgan fingerprint density at radius 3 is 2.67 bits per heavy atom. The Hall–Kier alpha value is -1.04. The summed E-state index contributed by atoms with van der Waals surface area (Å²) in [5.41, 5.74) is 7.94. The lowest BCUT2D eigenvalue weighted by Crippen LogP contribution is -2.33. The fourth-order valence-electron chi connectivity index (χ4n) is 3.15. The van der Waals surface area contributed by atoms with Gasteiger partial charge in [0.15, 0.2) is 9.84 Å². The van der Waals surface area contributed by atoms with Crippen LogP contribution in [-0.4, -0.2) is 29.7 Å². The Morgan fingerprint density at radius 1 is 1.33 bits per heavy atom. The summed E-state index contributed by atoms with van der Waals surface area (Å²) in [5.74, 6) is 1.09. The van der Waals surface area contributed by atoms with Gasteiger partial charge in [-0.15, -0.1) is 0 Å². The molecule has 1 aliphatic carbocycles. The fourth-order valence-corrected chi connectivity index (χ4v) is 5.26. The van der Waals surface area contributed by atoms with Crippen LogP contribution in [0.5, 0.6) is 0 Å². The number of aryl methyl sites for hydroxylation is 1. The first-order valence-corrected chi connectivity index (χ1v) is 8.31. The summed E-state index contributed by atoms with van der Waals surface area (Å²) >= 11 is 0. The van der Waals surface area contributed by atoms with Crippen LogP contribution in [0.2, 0.25) is 0 Å². The molecule has 2 aliphatic rings. The van der Waals surface area contributed by atoms with Crippen LogP contribution in [0.4, 0.5) is 5.82 Å². The van der Waals surface area contributed by atoms with E-state index in [9.17, 15) is 8.42 Å². The average molecular weight is 269 g/mol. The Kier molecular flexibility index (Phi) is 2.49. The lowest BCUT2D eigenvalue weighted by Gasteiger charge is -2.24. The van der Waals surface area contributed by atoms with Gasteiger partial charge in [-0.2, -0.15) is 5.10 Å². The molecular formula is C12H19N3O2S. The minimum atomic E-state index is -2.94. The average Bonchev–Trinajstić information content (AvgIpc) is 2.79. The normalized spacial score (nSPS) is 30.3. The summed E-state index contributed by atoms with van der Waals surface area (Å²) in [6, 6.07) is 0. The molecule has 0 bridgehead atoms. The molecule has 18 heavy (non-hydrogen) atoms. The topological polar surface area (TPSA) is 78.0 Å². The molecular weight excluding hydrogens is 250 g/mol. The minimum Gasteiger partial charge on any atom is -0.384 e. The number of hydrogen-bond donors (Lipinski definition) is 1. The zero-order chi connectivity index (χ0) is 13.0. The van der Waals surface area contributed by atoms with Gasteiger partial charge in [0, 0.05) is 5.56 Å². The van der Waals surface area contributed by atoms with Gasteiger partial charge in [-0.25, -0.2) is 13.1 Å². The van der Waals surface area contributed by atoms with Crippen molar-refractivity contribution in [3.63, 3.8) is 0 Å². The summed E-state index contributed by atoms with van der Waals surface area (Å²) in [7, 11) is -2.94. The van der Waals surface area contributed by atoms with Crippen LogP contribution in [-0.2, 0) is 28.2 Å². The van der Waals surface area contributed by atoms with E-state index in [1.165, 1.54) is 0 Å². The molecule has 6 heteroatoms. The molecule has 1 aromatic heterocycles. The van der Waals surface area contributed by atoms with E-state index in [1.54, 1.807) is 4.68 Å². The molecule has 100 valence electrons. The van der Waals surface area contributed by atoms with Gasteiger partial charge < -0.3 is 5.73 Å². The predicted octanol–water partition coefficient (Wildman–Crippen LogP) is 0.878. The van der Waals surface area contributed by atoms with Crippen molar-refractivity contribution >= 4 is 15.7 Å². The van der Waals surface area contributed by atoms with Crippen LogP contribution >= 0.6 is 0 Å². The van der Waals surface area contributed by atoms with Gasteiger partial charge >= 0.3 is 0 Å². The molecule has 2 N–H and O–H groups in total. The van der Waals surface area contributed by atoms with E-state index in [2.05, 4.69) is 5.10 Å². The Balaban J connectivity index is 2.05. The van der Waals surface area contributed by atoms with Crippen LogP contribution in [0, 0.1) is 0 Å². The highest BCUT2D eigenvalue weighted by molar-refractivity contribution is 7.91. The van der Waals surface area contributed by atoms with E-state index in [0.717, 1.165) is 36.9 Å². The van der Waals surface area contributed by atoms with E-state index >= 15 is 0 Å². The summed E-state index contributed by atoms with van der Waals surface area (Å²) in [6.45, 7) is 1.95. The molecule has 1 atom stereocenters. The Bertz CT molecular complexity index is 591. The number of rotatable bonds is 1. The van der Waals surface area contributed by atoms with Crippen LogP contribution in [0.15, 0.2) is 0 Å². The fraction of sp³-hybridized carbons (Fsp3) is 0.750. The summed E-state index contributed by atoms with van der Waals surface area (Å²) < 4.78 is 25.2. The molecule has 1 saturated heterocycles. The molecule has 2 heterocycles. The van der Waals surface area contributed by atoms with E-state index in [4.69, 9.17) is 5.73 Å². The zero-order valence-corrected chi connectivity index (χ0v) is 11.5. The minimum absolute atomic E-state index is 0.157. The van der Waals surface area contributed by atoms with E-state index in [0.29, 0.717) is 12.2 Å². The maximum atomic E-state index is 11.7. The summed E-state index contributed by atoms with van der Waals surface area (Å²) in [4.78, 5) is 0. The molecule has 0 radical (unpaired) electrons. The molecule has 1 unspecified atom stereocenters. The van der Waals surface area contributed by atoms with Gasteiger partial charge in [-0.1, -0.05) is 0 Å². The molecule has 1 aromatic rings. The number of nitrogen functional groups attached to an aromatic ring is 1. The Morgan fingerprint density at radius 2 is 2.06 bits per heavy atom. The highest BCUT2D eigenvalue weighted by atomic mass is 32.2. The largest absolute Gasteiger partial charge is 0.384 e. The molecule has 0 saturated carbocycles. The van der Waals surface area contributed by atoms with Crippen molar-refractivity contribution in [1.82, 2.24) is 9.78 Å². The van der Waals surface area contributed by atoms with Crippen molar-refractivity contribution < 1.29 is 8.42 Å². The molecule has 0 spiro atoms. The van der Waals surface area contributed by atoms with Crippen molar-refractivity contribution in [2.75, 3.05) is 17.2 Å². The number of anilines is 1. The number of nitrogens with zero attached hydrogens (tertiary/aromatic N) is 2. The third-order valence-electron chi connectivity index (χ3n) is 4.19. The number of hydrogen-bond acceptors (Lipinski definition) is 4. The number of fused-ring (bicyclic) bond motifs is 1. The zero-order valence-electron chi connectivity index (χ0n) is 10.6. The van der Waals surface area contributed by atoms with Gasteiger partial charge in [0.05, 0.1) is 22.7 Å². The lowest BCUT2D eigenvalue weighted by molar-refractivity contribution is 0.332. The first-order chi connectivity index (χ1) is 8.41. The molecule has 0 amide bonds. The molecule has 1 aliphatic heterocycles.